The molecule has 3 nitrogen and oxygen atoms in total. The molecule has 0 aliphatic heterocycles. The van der Waals surface area contributed by atoms with Gasteiger partial charge in [-0.2, -0.15) is 0 Å². The van der Waals surface area contributed by atoms with E-state index in [2.05, 4.69) is 45.2 Å². The zero-order valence-corrected chi connectivity index (χ0v) is 15.3. The lowest BCUT2D eigenvalue weighted by Crippen LogP contribution is -2.43. The van der Waals surface area contributed by atoms with Crippen molar-refractivity contribution in [2.24, 2.45) is 0 Å². The molecule has 2 aromatic carbocycles. The summed E-state index contributed by atoms with van der Waals surface area (Å²) >= 11 is 0. The molecule has 0 aliphatic carbocycles. The largest absolute Gasteiger partial charge is 0.543 e. The molecular weight excluding hydrogens is 290 g/mol. The van der Waals surface area contributed by atoms with Gasteiger partial charge in [-0.05, 0) is 53.2 Å². The standard InChI is InChI=1S/C18H25NO2Si/c1-18(2,3)22(5,6)21-16-10-9-13-11-15(17(20)19-4)8-7-14(13)12-16/h7-12H,1-6H3,(H,19,20). The van der Waals surface area contributed by atoms with Crippen molar-refractivity contribution in [1.29, 1.82) is 0 Å². The summed E-state index contributed by atoms with van der Waals surface area (Å²) < 4.78 is 6.33. The molecule has 22 heavy (non-hydrogen) atoms. The van der Waals surface area contributed by atoms with Gasteiger partial charge in [0.25, 0.3) is 5.91 Å². The summed E-state index contributed by atoms with van der Waals surface area (Å²) in [5.74, 6) is 0.843. The highest BCUT2D eigenvalue weighted by Gasteiger charge is 2.38. The number of benzene rings is 2. The summed E-state index contributed by atoms with van der Waals surface area (Å²) in [6.45, 7) is 11.2. The Morgan fingerprint density at radius 2 is 1.64 bits per heavy atom. The van der Waals surface area contributed by atoms with E-state index >= 15 is 0 Å². The normalized spacial score (nSPS) is 12.3. The van der Waals surface area contributed by atoms with Crippen molar-refractivity contribution in [2.45, 2.75) is 38.9 Å². The molecule has 0 heterocycles. The lowest BCUT2D eigenvalue weighted by Gasteiger charge is -2.36. The first kappa shape index (κ1) is 16.6. The fraction of sp³-hybridized carbons (Fsp3) is 0.389. The van der Waals surface area contributed by atoms with Gasteiger partial charge in [0.05, 0.1) is 0 Å². The molecule has 4 heteroatoms. The molecule has 0 spiro atoms. The van der Waals surface area contributed by atoms with Crippen LogP contribution in [0.3, 0.4) is 0 Å². The van der Waals surface area contributed by atoms with Gasteiger partial charge in [0.15, 0.2) is 0 Å². The average Bonchev–Trinajstić information content (AvgIpc) is 2.44. The molecule has 0 unspecified atom stereocenters. The maximum atomic E-state index is 11.7. The Labute approximate surface area is 133 Å². The summed E-state index contributed by atoms with van der Waals surface area (Å²) in [4.78, 5) is 11.7. The Hall–Kier alpha value is -1.81. The molecule has 2 aromatic rings. The number of rotatable bonds is 3. The van der Waals surface area contributed by atoms with Gasteiger partial charge in [0, 0.05) is 12.6 Å². The van der Waals surface area contributed by atoms with Crippen LogP contribution in [0.25, 0.3) is 10.8 Å². The van der Waals surface area contributed by atoms with Crippen molar-refractivity contribution in [2.75, 3.05) is 7.05 Å². The van der Waals surface area contributed by atoms with E-state index in [1.165, 1.54) is 0 Å². The van der Waals surface area contributed by atoms with Crippen molar-refractivity contribution < 1.29 is 9.22 Å². The fourth-order valence-corrected chi connectivity index (χ4v) is 3.04. The van der Waals surface area contributed by atoms with Crippen LogP contribution in [0.4, 0.5) is 0 Å². The minimum Gasteiger partial charge on any atom is -0.543 e. The number of hydrogen-bond acceptors (Lipinski definition) is 2. The van der Waals surface area contributed by atoms with E-state index in [1.807, 2.05) is 30.3 Å². The second-order valence-corrected chi connectivity index (χ2v) is 11.9. The van der Waals surface area contributed by atoms with E-state index in [-0.39, 0.29) is 10.9 Å². The van der Waals surface area contributed by atoms with Gasteiger partial charge >= 0.3 is 0 Å². The van der Waals surface area contributed by atoms with Gasteiger partial charge < -0.3 is 9.74 Å². The summed E-state index contributed by atoms with van der Waals surface area (Å²) in [5, 5.41) is 4.95. The molecule has 0 saturated carbocycles. The third-order valence-electron chi connectivity index (χ3n) is 4.48. The van der Waals surface area contributed by atoms with Gasteiger partial charge in [0.1, 0.15) is 5.75 Å². The quantitative estimate of drug-likeness (QED) is 0.842. The zero-order chi connectivity index (χ0) is 16.5. The highest BCUT2D eigenvalue weighted by molar-refractivity contribution is 6.74. The van der Waals surface area contributed by atoms with Crippen LogP contribution in [0.2, 0.25) is 18.1 Å². The first-order valence-corrected chi connectivity index (χ1v) is 10.5. The van der Waals surface area contributed by atoms with Crippen LogP contribution in [0.5, 0.6) is 5.75 Å². The maximum absolute atomic E-state index is 11.7. The first-order chi connectivity index (χ1) is 10.1. The zero-order valence-electron chi connectivity index (χ0n) is 14.3. The van der Waals surface area contributed by atoms with Crippen LogP contribution in [-0.2, 0) is 0 Å². The maximum Gasteiger partial charge on any atom is 0.251 e. The highest BCUT2D eigenvalue weighted by atomic mass is 28.4. The predicted molar refractivity (Wildman–Crippen MR) is 95.2 cm³/mol. The highest BCUT2D eigenvalue weighted by Crippen LogP contribution is 2.37. The van der Waals surface area contributed by atoms with Crippen LogP contribution in [0, 0.1) is 0 Å². The van der Waals surface area contributed by atoms with Crippen LogP contribution in [0.1, 0.15) is 31.1 Å². The van der Waals surface area contributed by atoms with E-state index in [9.17, 15) is 4.79 Å². The second-order valence-electron chi connectivity index (χ2n) is 7.17. The van der Waals surface area contributed by atoms with Crippen LogP contribution in [-0.4, -0.2) is 21.3 Å². The van der Waals surface area contributed by atoms with Gasteiger partial charge in [-0.1, -0.05) is 32.9 Å². The smallest absolute Gasteiger partial charge is 0.251 e. The van der Waals surface area contributed by atoms with Gasteiger partial charge in [-0.25, -0.2) is 0 Å². The Kier molecular flexibility index (Phi) is 4.34. The van der Waals surface area contributed by atoms with Crippen molar-refractivity contribution in [3.05, 3.63) is 42.0 Å². The summed E-state index contributed by atoms with van der Waals surface area (Å²) in [5.41, 5.74) is 0.674. The van der Waals surface area contributed by atoms with E-state index in [1.54, 1.807) is 7.05 Å². The molecule has 0 fully saturated rings. The number of fused-ring (bicyclic) bond motifs is 1. The van der Waals surface area contributed by atoms with Gasteiger partial charge in [0.2, 0.25) is 8.32 Å². The molecule has 0 saturated heterocycles. The third-order valence-corrected chi connectivity index (χ3v) is 8.84. The Morgan fingerprint density at radius 1 is 1.05 bits per heavy atom. The molecule has 0 aliphatic rings. The number of carbonyl (C=O) groups is 1. The Balaban J connectivity index is 2.34. The summed E-state index contributed by atoms with van der Waals surface area (Å²) in [6.07, 6.45) is 0. The van der Waals surface area contributed by atoms with Crippen molar-refractivity contribution in [3.8, 4) is 5.75 Å². The number of nitrogens with one attached hydrogen (secondary N) is 1. The van der Waals surface area contributed by atoms with E-state index in [4.69, 9.17) is 4.43 Å². The fourth-order valence-electron chi connectivity index (χ4n) is 2.02. The number of carbonyl (C=O) groups excluding carboxylic acids is 1. The average molecular weight is 315 g/mol. The molecule has 0 radical (unpaired) electrons. The molecule has 0 bridgehead atoms. The van der Waals surface area contributed by atoms with Crippen LogP contribution >= 0.6 is 0 Å². The molecule has 0 atom stereocenters. The van der Waals surface area contributed by atoms with Crippen molar-refractivity contribution in [1.82, 2.24) is 5.32 Å². The number of amides is 1. The molecule has 0 aromatic heterocycles. The van der Waals surface area contributed by atoms with E-state index in [0.29, 0.717) is 5.56 Å². The molecule has 118 valence electrons. The first-order valence-electron chi connectivity index (χ1n) is 7.59. The van der Waals surface area contributed by atoms with Crippen molar-refractivity contribution >= 4 is 25.0 Å². The Morgan fingerprint density at radius 3 is 2.23 bits per heavy atom. The monoisotopic (exact) mass is 315 g/mol. The summed E-state index contributed by atoms with van der Waals surface area (Å²) in [6, 6.07) is 11.8. The minimum absolute atomic E-state index is 0.0662. The molecule has 2 rings (SSSR count). The Bertz CT molecular complexity index is 702. The summed E-state index contributed by atoms with van der Waals surface area (Å²) in [7, 11) is -0.190. The lowest BCUT2D eigenvalue weighted by atomic mass is 10.1. The molecule has 1 amide bonds. The SMILES string of the molecule is CNC(=O)c1ccc2cc(O[Si](C)(C)C(C)(C)C)ccc2c1. The van der Waals surface area contributed by atoms with E-state index in [0.717, 1.165) is 16.5 Å². The van der Waals surface area contributed by atoms with Crippen molar-refractivity contribution in [3.63, 3.8) is 0 Å². The van der Waals surface area contributed by atoms with Crippen LogP contribution in [0.15, 0.2) is 36.4 Å². The topological polar surface area (TPSA) is 38.3 Å². The van der Waals surface area contributed by atoms with Gasteiger partial charge in [-0.15, -0.1) is 0 Å². The second kappa shape index (κ2) is 5.76. The molecular formula is C18H25NO2Si. The number of hydrogen-bond donors (Lipinski definition) is 1. The predicted octanol–water partition coefficient (Wildman–Crippen LogP) is 4.58. The third kappa shape index (κ3) is 3.33. The van der Waals surface area contributed by atoms with Crippen LogP contribution < -0.4 is 9.74 Å². The lowest BCUT2D eigenvalue weighted by molar-refractivity contribution is 0.0963. The van der Waals surface area contributed by atoms with Gasteiger partial charge in [-0.3, -0.25) is 4.79 Å². The van der Waals surface area contributed by atoms with E-state index < -0.39 is 8.32 Å². The minimum atomic E-state index is -1.83. The molecule has 1 N–H and O–H groups in total.